The van der Waals surface area contributed by atoms with Gasteiger partial charge in [-0.2, -0.15) is 0 Å². The molecule has 2 N–H and O–H groups in total. The van der Waals surface area contributed by atoms with Crippen molar-refractivity contribution >= 4 is 39.5 Å². The summed E-state index contributed by atoms with van der Waals surface area (Å²) in [5.41, 5.74) is 5.08. The maximum absolute atomic E-state index is 8.89. The number of hydrogen-bond donors (Lipinski definition) is 2. The van der Waals surface area contributed by atoms with Crippen molar-refractivity contribution in [1.29, 1.82) is 0 Å². The van der Waals surface area contributed by atoms with Crippen molar-refractivity contribution in [2.75, 3.05) is 17.7 Å². The normalized spacial score (nSPS) is 10.4. The highest BCUT2D eigenvalue weighted by Crippen LogP contribution is 2.35. The summed E-state index contributed by atoms with van der Waals surface area (Å²) in [4.78, 5) is 8.89. The monoisotopic (exact) mass is 503 g/mol. The maximum atomic E-state index is 8.89. The molecule has 0 radical (unpaired) electrons. The van der Waals surface area contributed by atoms with Crippen molar-refractivity contribution in [3.8, 4) is 5.06 Å². The van der Waals surface area contributed by atoms with Crippen LogP contribution in [0.2, 0.25) is 0 Å². The number of benzene rings is 3. The highest BCUT2D eigenvalue weighted by molar-refractivity contribution is 7.16. The summed E-state index contributed by atoms with van der Waals surface area (Å²) < 4.78 is 7.21. The topological polar surface area (TPSA) is 102 Å². The molecule has 0 saturated carbocycles. The standard InChI is InChI=1S/C25H25N5OS.C2H4O2/c1-30-18-23(31-2)32-25(30)29-28-22-15-9-14-21(26-16-19-10-5-3-6-11-19)24(22)27-17-20-12-7-4-8-13-20;1-2(3)4/h3-15,18H,16-17H2,1-2H3,(H,26,28);1H3,(H,3,4). The highest BCUT2D eigenvalue weighted by atomic mass is 32.1. The molecule has 4 rings (SSSR count). The van der Waals surface area contributed by atoms with Crippen LogP contribution in [0.3, 0.4) is 0 Å². The molecule has 1 heterocycles. The lowest BCUT2D eigenvalue weighted by atomic mass is 10.1. The van der Waals surface area contributed by atoms with Crippen molar-refractivity contribution in [3.63, 3.8) is 0 Å². The smallest absolute Gasteiger partial charge is 0.411 e. The number of ether oxygens (including phenoxy) is 1. The maximum Gasteiger partial charge on any atom is 0.411 e. The van der Waals surface area contributed by atoms with Gasteiger partial charge in [0, 0.05) is 19.1 Å². The molecule has 4 aromatic rings. The average molecular weight is 504 g/mol. The van der Waals surface area contributed by atoms with E-state index < -0.39 is 5.97 Å². The molecule has 0 aliphatic rings. The predicted molar refractivity (Wildman–Crippen MR) is 141 cm³/mol. The number of thiazole rings is 1. The van der Waals surface area contributed by atoms with Gasteiger partial charge in [0.25, 0.3) is 0 Å². The fourth-order valence-corrected chi connectivity index (χ4v) is 3.97. The van der Waals surface area contributed by atoms with Crippen LogP contribution in [0.25, 0.3) is 0 Å². The number of carboxylic acids is 1. The van der Waals surface area contributed by atoms with Crippen LogP contribution >= 0.6 is 11.3 Å². The molecule has 0 saturated heterocycles. The molecule has 8 nitrogen and oxygen atoms in total. The van der Waals surface area contributed by atoms with E-state index >= 15 is 0 Å². The van der Waals surface area contributed by atoms with E-state index in [0.717, 1.165) is 40.7 Å². The fourth-order valence-electron chi connectivity index (χ4n) is 3.22. The van der Waals surface area contributed by atoms with Gasteiger partial charge in [-0.1, -0.05) is 66.7 Å². The number of anilines is 2. The number of rotatable bonds is 9. The number of carboxylic acid groups (broad SMARTS) is 1. The number of aryl methyl sites for hydroxylation is 1. The van der Waals surface area contributed by atoms with E-state index in [-0.39, 0.29) is 0 Å². The molecule has 0 unspecified atom stereocenters. The number of carbonyl (C=O) groups is 1. The second-order valence-electron chi connectivity index (χ2n) is 7.72. The Morgan fingerprint density at radius 2 is 1.50 bits per heavy atom. The lowest BCUT2D eigenvalue weighted by Crippen LogP contribution is -2.23. The number of nitrogens with one attached hydrogen (secondary N) is 2. The van der Waals surface area contributed by atoms with Crippen LogP contribution in [0.15, 0.2) is 95.3 Å². The highest BCUT2D eigenvalue weighted by Gasteiger charge is 2.15. The molecule has 0 amide bonds. The number of para-hydroxylation sites is 1. The zero-order valence-electron chi connectivity index (χ0n) is 20.5. The first-order chi connectivity index (χ1) is 17.5. The third-order valence-electron chi connectivity index (χ3n) is 4.92. The Kier molecular flexibility index (Phi) is 9.96. The van der Waals surface area contributed by atoms with Crippen molar-refractivity contribution < 1.29 is 19.2 Å². The summed E-state index contributed by atoms with van der Waals surface area (Å²) in [5.74, 6) is -1.08. The van der Waals surface area contributed by atoms with Crippen LogP contribution in [0.5, 0.6) is 5.06 Å². The Hall–Kier alpha value is -4.24. The SMILES string of the molecule is CC(=O)[O-].COc1c[n+](C)c(N=Nc2cccc(NCc3ccccc3)c2NCc2ccccc2)s1. The first kappa shape index (κ1) is 26.4. The minimum Gasteiger partial charge on any atom is -0.550 e. The van der Waals surface area contributed by atoms with E-state index in [1.165, 1.54) is 22.5 Å². The number of nitrogens with zero attached hydrogens (tertiary/aromatic N) is 3. The molecular weight excluding hydrogens is 474 g/mol. The first-order valence-corrected chi connectivity index (χ1v) is 12.1. The fraction of sp³-hybridized carbons (Fsp3) is 0.185. The van der Waals surface area contributed by atoms with E-state index in [0.29, 0.717) is 6.54 Å². The Morgan fingerprint density at radius 3 is 2.06 bits per heavy atom. The van der Waals surface area contributed by atoms with Gasteiger partial charge in [-0.3, -0.25) is 0 Å². The number of carbonyl (C=O) groups excluding carboxylic acids is 1. The van der Waals surface area contributed by atoms with Crippen LogP contribution in [0.1, 0.15) is 18.1 Å². The Morgan fingerprint density at radius 1 is 0.917 bits per heavy atom. The van der Waals surface area contributed by atoms with Crippen molar-refractivity contribution in [3.05, 3.63) is 96.2 Å². The second kappa shape index (κ2) is 13.6. The van der Waals surface area contributed by atoms with Gasteiger partial charge in [0.15, 0.2) is 0 Å². The quantitative estimate of drug-likeness (QED) is 0.248. The molecule has 0 spiro atoms. The minimum absolute atomic E-state index is 0.688. The summed E-state index contributed by atoms with van der Waals surface area (Å²) >= 11 is 1.45. The van der Waals surface area contributed by atoms with Crippen molar-refractivity contribution in [2.24, 2.45) is 17.3 Å². The molecule has 1 aromatic heterocycles. The molecule has 186 valence electrons. The predicted octanol–water partition coefficient (Wildman–Crippen LogP) is 4.98. The Bertz CT molecular complexity index is 1270. The molecule has 36 heavy (non-hydrogen) atoms. The Balaban J connectivity index is 0.000000840. The number of methoxy groups -OCH3 is 1. The van der Waals surface area contributed by atoms with Crippen LogP contribution in [-0.4, -0.2) is 13.1 Å². The molecule has 0 aliphatic heterocycles. The van der Waals surface area contributed by atoms with Gasteiger partial charge in [-0.25, -0.2) is 4.57 Å². The summed E-state index contributed by atoms with van der Waals surface area (Å²) in [7, 11) is 3.58. The van der Waals surface area contributed by atoms with Gasteiger partial charge in [0.2, 0.25) is 5.06 Å². The molecular formula is C27H29N5O3S. The molecule has 0 bridgehead atoms. The number of aromatic nitrogens is 1. The van der Waals surface area contributed by atoms with Crippen molar-refractivity contribution in [2.45, 2.75) is 20.0 Å². The van der Waals surface area contributed by atoms with Gasteiger partial charge < -0.3 is 25.3 Å². The number of aliphatic carboxylic acids is 1. The van der Waals surface area contributed by atoms with Crippen LogP contribution in [-0.2, 0) is 24.9 Å². The van der Waals surface area contributed by atoms with Crippen LogP contribution < -0.4 is 25.0 Å². The second-order valence-corrected chi connectivity index (χ2v) is 8.69. The van der Waals surface area contributed by atoms with E-state index in [4.69, 9.17) is 14.6 Å². The Labute approximate surface area is 214 Å². The third-order valence-corrected chi connectivity index (χ3v) is 5.94. The number of azo groups is 1. The molecule has 3 aromatic carbocycles. The summed E-state index contributed by atoms with van der Waals surface area (Å²) in [6.07, 6.45) is 1.89. The van der Waals surface area contributed by atoms with Gasteiger partial charge >= 0.3 is 5.13 Å². The zero-order valence-corrected chi connectivity index (χ0v) is 21.3. The van der Waals surface area contributed by atoms with Gasteiger partial charge in [0.1, 0.15) is 11.9 Å². The molecule has 9 heteroatoms. The minimum atomic E-state index is -1.08. The van der Waals surface area contributed by atoms with Crippen molar-refractivity contribution in [1.82, 2.24) is 0 Å². The largest absolute Gasteiger partial charge is 0.550 e. The summed E-state index contributed by atoms with van der Waals surface area (Å²) in [5, 5.41) is 26.6. The van der Waals surface area contributed by atoms with Crippen LogP contribution in [0, 0.1) is 0 Å². The van der Waals surface area contributed by atoms with E-state index in [1.807, 2.05) is 66.3 Å². The number of hydrogen-bond acceptors (Lipinski definition) is 8. The lowest BCUT2D eigenvalue weighted by Gasteiger charge is -2.15. The van der Waals surface area contributed by atoms with E-state index in [2.05, 4.69) is 51.2 Å². The third kappa shape index (κ3) is 8.21. The van der Waals surface area contributed by atoms with Crippen LogP contribution in [0.4, 0.5) is 22.2 Å². The first-order valence-electron chi connectivity index (χ1n) is 11.3. The van der Waals surface area contributed by atoms with Gasteiger partial charge in [0.05, 0.1) is 30.6 Å². The summed E-state index contributed by atoms with van der Waals surface area (Å²) in [6, 6.07) is 26.7. The van der Waals surface area contributed by atoms with Gasteiger partial charge in [-0.15, -0.1) is 0 Å². The van der Waals surface area contributed by atoms with Gasteiger partial charge in [-0.05, 0) is 46.6 Å². The lowest BCUT2D eigenvalue weighted by molar-refractivity contribution is -0.654. The summed E-state index contributed by atoms with van der Waals surface area (Å²) in [6.45, 7) is 2.38. The zero-order chi connectivity index (χ0) is 25.8. The molecule has 0 aliphatic carbocycles. The molecule has 0 atom stereocenters. The van der Waals surface area contributed by atoms with E-state index in [1.54, 1.807) is 7.11 Å². The van der Waals surface area contributed by atoms with E-state index in [9.17, 15) is 0 Å². The molecule has 0 fully saturated rings. The average Bonchev–Trinajstić information content (AvgIpc) is 3.25.